The van der Waals surface area contributed by atoms with Crippen molar-refractivity contribution in [2.75, 3.05) is 26.2 Å². The van der Waals surface area contributed by atoms with Crippen molar-refractivity contribution in [3.8, 4) is 6.07 Å². The van der Waals surface area contributed by atoms with Crippen LogP contribution in [0, 0.1) is 18.3 Å². The molecule has 0 aliphatic carbocycles. The maximum Gasteiger partial charge on any atom is 0.0642 e. The van der Waals surface area contributed by atoms with E-state index in [0.717, 1.165) is 26.2 Å². The number of rotatable bonds is 3. The SMILES string of the molecule is Cc1ccsc1[C@H](CC#N)N1CCNCC1.Cl.Cl. The predicted molar refractivity (Wildman–Crippen MR) is 81.0 cm³/mol. The summed E-state index contributed by atoms with van der Waals surface area (Å²) in [4.78, 5) is 3.79. The fourth-order valence-corrected chi connectivity index (χ4v) is 3.26. The van der Waals surface area contributed by atoms with Crippen molar-refractivity contribution in [1.82, 2.24) is 10.2 Å². The van der Waals surface area contributed by atoms with Gasteiger partial charge in [-0.3, -0.25) is 4.90 Å². The number of thiophene rings is 1. The summed E-state index contributed by atoms with van der Waals surface area (Å²) in [6.45, 7) is 6.30. The minimum absolute atomic E-state index is 0. The lowest BCUT2D eigenvalue weighted by molar-refractivity contribution is 0.177. The van der Waals surface area contributed by atoms with E-state index >= 15 is 0 Å². The molecule has 1 fully saturated rings. The molecule has 1 aliphatic heterocycles. The lowest BCUT2D eigenvalue weighted by Gasteiger charge is -2.33. The van der Waals surface area contributed by atoms with Crippen LogP contribution in [0.3, 0.4) is 0 Å². The van der Waals surface area contributed by atoms with E-state index < -0.39 is 0 Å². The molecule has 102 valence electrons. The Morgan fingerprint density at radius 3 is 2.61 bits per heavy atom. The van der Waals surface area contributed by atoms with Crippen LogP contribution in [0.2, 0.25) is 0 Å². The van der Waals surface area contributed by atoms with Crippen molar-refractivity contribution in [3.05, 3.63) is 21.9 Å². The summed E-state index contributed by atoms with van der Waals surface area (Å²) in [6, 6.07) is 4.77. The van der Waals surface area contributed by atoms with Crippen LogP contribution in [0.1, 0.15) is 22.9 Å². The van der Waals surface area contributed by atoms with Gasteiger partial charge in [0.2, 0.25) is 0 Å². The van der Waals surface area contributed by atoms with Crippen LogP contribution in [0.4, 0.5) is 0 Å². The molecule has 1 N–H and O–H groups in total. The molecule has 3 nitrogen and oxygen atoms in total. The molecule has 1 aliphatic rings. The number of hydrogen-bond donors (Lipinski definition) is 1. The molecule has 6 heteroatoms. The Morgan fingerprint density at radius 1 is 1.44 bits per heavy atom. The second kappa shape index (κ2) is 8.73. The van der Waals surface area contributed by atoms with Gasteiger partial charge >= 0.3 is 0 Å². The third kappa shape index (κ3) is 4.11. The summed E-state index contributed by atoms with van der Waals surface area (Å²) in [5, 5.41) is 14.4. The minimum atomic E-state index is 0. The van der Waals surface area contributed by atoms with Gasteiger partial charge in [-0.1, -0.05) is 0 Å². The maximum absolute atomic E-state index is 8.97. The molecule has 1 aromatic heterocycles. The zero-order valence-corrected chi connectivity index (χ0v) is 12.8. The summed E-state index contributed by atoms with van der Waals surface area (Å²) >= 11 is 1.78. The number of hydrogen-bond acceptors (Lipinski definition) is 4. The zero-order valence-electron chi connectivity index (χ0n) is 10.4. The van der Waals surface area contributed by atoms with Crippen molar-refractivity contribution < 1.29 is 0 Å². The zero-order chi connectivity index (χ0) is 11.4. The van der Waals surface area contributed by atoms with E-state index in [0.29, 0.717) is 12.5 Å². The average Bonchev–Trinajstić information content (AvgIpc) is 2.73. The molecule has 1 saturated heterocycles. The van der Waals surface area contributed by atoms with Crippen molar-refractivity contribution >= 4 is 36.2 Å². The molecule has 0 radical (unpaired) electrons. The molecule has 0 amide bonds. The lowest BCUT2D eigenvalue weighted by atomic mass is 10.1. The van der Waals surface area contributed by atoms with Gasteiger partial charge < -0.3 is 5.32 Å². The first-order valence-electron chi connectivity index (χ1n) is 5.68. The Morgan fingerprint density at radius 2 is 2.11 bits per heavy atom. The van der Waals surface area contributed by atoms with Crippen LogP contribution < -0.4 is 5.32 Å². The predicted octanol–water partition coefficient (Wildman–Crippen LogP) is 2.76. The first-order chi connectivity index (χ1) is 7.83. The van der Waals surface area contributed by atoms with E-state index in [1.807, 2.05) is 0 Å². The van der Waals surface area contributed by atoms with Gasteiger partial charge in [0.05, 0.1) is 18.5 Å². The number of nitriles is 1. The van der Waals surface area contributed by atoms with Crippen LogP contribution in [0.15, 0.2) is 11.4 Å². The van der Waals surface area contributed by atoms with Crippen LogP contribution in [0.25, 0.3) is 0 Å². The Labute approximate surface area is 125 Å². The molecule has 2 heterocycles. The van der Waals surface area contributed by atoms with Crippen molar-refractivity contribution in [1.29, 1.82) is 5.26 Å². The average molecular weight is 308 g/mol. The van der Waals surface area contributed by atoms with Gasteiger partial charge in [0.25, 0.3) is 0 Å². The molecular formula is C12H19Cl2N3S. The highest BCUT2D eigenvalue weighted by Gasteiger charge is 2.23. The highest BCUT2D eigenvalue weighted by molar-refractivity contribution is 7.10. The summed E-state index contributed by atoms with van der Waals surface area (Å²) < 4.78 is 0. The molecule has 0 bridgehead atoms. The molecule has 1 aromatic rings. The molecule has 18 heavy (non-hydrogen) atoms. The first kappa shape index (κ1) is 17.7. The number of nitrogens with zero attached hydrogens (tertiary/aromatic N) is 2. The van der Waals surface area contributed by atoms with Gasteiger partial charge in [-0.15, -0.1) is 36.2 Å². The van der Waals surface area contributed by atoms with E-state index in [2.05, 4.69) is 34.7 Å². The number of aryl methyl sites for hydroxylation is 1. The normalized spacial score (nSPS) is 17.1. The Balaban J connectivity index is 0.00000144. The fraction of sp³-hybridized carbons (Fsp3) is 0.583. The summed E-state index contributed by atoms with van der Waals surface area (Å²) in [6.07, 6.45) is 0.599. The van der Waals surface area contributed by atoms with E-state index in [-0.39, 0.29) is 24.8 Å². The number of piperazine rings is 1. The third-order valence-electron chi connectivity index (χ3n) is 3.08. The van der Waals surface area contributed by atoms with E-state index in [1.165, 1.54) is 10.4 Å². The van der Waals surface area contributed by atoms with E-state index in [1.54, 1.807) is 11.3 Å². The Hall–Kier alpha value is -0.310. The monoisotopic (exact) mass is 307 g/mol. The first-order valence-corrected chi connectivity index (χ1v) is 6.56. The summed E-state index contributed by atoms with van der Waals surface area (Å²) in [5.74, 6) is 0. The van der Waals surface area contributed by atoms with Crippen molar-refractivity contribution in [2.45, 2.75) is 19.4 Å². The quantitative estimate of drug-likeness (QED) is 0.933. The lowest BCUT2D eigenvalue weighted by Crippen LogP contribution is -2.45. The molecule has 0 aromatic carbocycles. The Bertz CT molecular complexity index is 383. The highest BCUT2D eigenvalue weighted by Crippen LogP contribution is 2.31. The van der Waals surface area contributed by atoms with Gasteiger partial charge in [-0.25, -0.2) is 0 Å². The molecule has 2 rings (SSSR count). The minimum Gasteiger partial charge on any atom is -0.314 e. The second-order valence-electron chi connectivity index (χ2n) is 4.13. The summed E-state index contributed by atoms with van der Waals surface area (Å²) in [5.41, 5.74) is 1.32. The molecule has 0 saturated carbocycles. The molecule has 0 unspecified atom stereocenters. The summed E-state index contributed by atoms with van der Waals surface area (Å²) in [7, 11) is 0. The van der Waals surface area contributed by atoms with E-state index in [4.69, 9.17) is 5.26 Å². The Kier molecular flexibility index (Phi) is 8.58. The van der Waals surface area contributed by atoms with Crippen molar-refractivity contribution in [3.63, 3.8) is 0 Å². The topological polar surface area (TPSA) is 39.1 Å². The second-order valence-corrected chi connectivity index (χ2v) is 5.08. The maximum atomic E-state index is 8.97. The standard InChI is InChI=1S/C12H17N3S.2ClH/c1-10-3-9-16-12(10)11(2-4-13)15-7-5-14-6-8-15;;/h3,9,11,14H,2,5-8H2,1H3;2*1H/t11-;;/m0../s1. The molecule has 0 spiro atoms. The highest BCUT2D eigenvalue weighted by atomic mass is 35.5. The smallest absolute Gasteiger partial charge is 0.0642 e. The fourth-order valence-electron chi connectivity index (χ4n) is 2.19. The van der Waals surface area contributed by atoms with Gasteiger partial charge in [-0.2, -0.15) is 5.26 Å². The van der Waals surface area contributed by atoms with Gasteiger partial charge in [0.1, 0.15) is 0 Å². The van der Waals surface area contributed by atoms with E-state index in [9.17, 15) is 0 Å². The number of nitrogens with one attached hydrogen (secondary N) is 1. The third-order valence-corrected chi connectivity index (χ3v) is 4.20. The van der Waals surface area contributed by atoms with Crippen molar-refractivity contribution in [2.24, 2.45) is 0 Å². The van der Waals surface area contributed by atoms with Crippen LogP contribution in [-0.2, 0) is 0 Å². The van der Waals surface area contributed by atoms with Gasteiger partial charge in [0.15, 0.2) is 0 Å². The number of halogens is 2. The van der Waals surface area contributed by atoms with Crippen LogP contribution >= 0.6 is 36.2 Å². The molecular weight excluding hydrogens is 289 g/mol. The van der Waals surface area contributed by atoms with Gasteiger partial charge in [0, 0.05) is 31.1 Å². The van der Waals surface area contributed by atoms with Gasteiger partial charge in [-0.05, 0) is 23.9 Å². The molecule has 1 atom stereocenters. The van der Waals surface area contributed by atoms with Crippen LogP contribution in [0.5, 0.6) is 0 Å². The largest absolute Gasteiger partial charge is 0.314 e. The van der Waals surface area contributed by atoms with Crippen LogP contribution in [-0.4, -0.2) is 31.1 Å².